The number of benzene rings is 2. The number of nitrogens with two attached hydrogens (primary N) is 1. The third-order valence-electron chi connectivity index (χ3n) is 5.86. The standard InChI is InChI=1S/C24H26N4O4/c1-32-19-13-7-10-17(14-19)23(30)28(18-11-5-6-12-18)20-21(25)27(24(31)26-22(20)29)15-16-8-3-2-4-9-16/h2-4,7-10,13-14,18H,5-6,11-12,15,25H2,1H3,(H,26,29,31). The van der Waals surface area contributed by atoms with E-state index in [0.717, 1.165) is 31.2 Å². The first kappa shape index (κ1) is 21.4. The molecule has 8 nitrogen and oxygen atoms in total. The number of H-pyrrole nitrogens is 1. The molecular weight excluding hydrogens is 408 g/mol. The lowest BCUT2D eigenvalue weighted by atomic mass is 10.1. The summed E-state index contributed by atoms with van der Waals surface area (Å²) in [5.41, 5.74) is 6.37. The lowest BCUT2D eigenvalue weighted by molar-refractivity contribution is 0.0976. The highest BCUT2D eigenvalue weighted by atomic mass is 16.5. The molecule has 1 saturated carbocycles. The molecule has 0 spiro atoms. The number of methoxy groups -OCH3 is 1. The summed E-state index contributed by atoms with van der Waals surface area (Å²) in [6.07, 6.45) is 3.42. The Bertz CT molecular complexity index is 1230. The summed E-state index contributed by atoms with van der Waals surface area (Å²) in [5.74, 6) is 0.168. The normalized spacial score (nSPS) is 13.8. The van der Waals surface area contributed by atoms with Crippen molar-refractivity contribution in [1.29, 1.82) is 0 Å². The van der Waals surface area contributed by atoms with Gasteiger partial charge in [-0.15, -0.1) is 0 Å². The van der Waals surface area contributed by atoms with E-state index in [4.69, 9.17) is 10.5 Å². The summed E-state index contributed by atoms with van der Waals surface area (Å²) in [4.78, 5) is 43.0. The summed E-state index contributed by atoms with van der Waals surface area (Å²) in [5, 5.41) is 0. The smallest absolute Gasteiger partial charge is 0.330 e. The minimum absolute atomic E-state index is 0.0141. The Kier molecular flexibility index (Phi) is 6.11. The SMILES string of the molecule is COc1cccc(C(=O)N(c2c(N)n(Cc3ccccc3)c(=O)[nH]c2=O)C2CCCC2)c1. The van der Waals surface area contributed by atoms with Crippen molar-refractivity contribution in [3.05, 3.63) is 86.6 Å². The zero-order valence-electron chi connectivity index (χ0n) is 17.9. The van der Waals surface area contributed by atoms with E-state index in [1.165, 1.54) is 16.6 Å². The Morgan fingerprint density at radius 1 is 1.12 bits per heavy atom. The van der Waals surface area contributed by atoms with Gasteiger partial charge in [0.15, 0.2) is 5.69 Å². The Morgan fingerprint density at radius 2 is 1.84 bits per heavy atom. The average molecular weight is 434 g/mol. The van der Waals surface area contributed by atoms with Crippen molar-refractivity contribution in [2.45, 2.75) is 38.3 Å². The number of nitrogens with one attached hydrogen (secondary N) is 1. The van der Waals surface area contributed by atoms with Gasteiger partial charge in [-0.05, 0) is 36.6 Å². The van der Waals surface area contributed by atoms with Crippen molar-refractivity contribution in [3.63, 3.8) is 0 Å². The predicted molar refractivity (Wildman–Crippen MR) is 123 cm³/mol. The number of carbonyl (C=O) groups excluding carboxylic acids is 1. The first-order valence-electron chi connectivity index (χ1n) is 10.6. The van der Waals surface area contributed by atoms with Crippen molar-refractivity contribution in [2.24, 2.45) is 0 Å². The van der Waals surface area contributed by atoms with E-state index in [2.05, 4.69) is 4.98 Å². The lowest BCUT2D eigenvalue weighted by Gasteiger charge is -2.30. The molecule has 3 aromatic rings. The van der Waals surface area contributed by atoms with E-state index < -0.39 is 11.2 Å². The third kappa shape index (κ3) is 4.16. The maximum atomic E-state index is 13.6. The van der Waals surface area contributed by atoms with Crippen molar-refractivity contribution in [1.82, 2.24) is 9.55 Å². The van der Waals surface area contributed by atoms with Crippen LogP contribution in [0, 0.1) is 0 Å². The number of rotatable bonds is 6. The van der Waals surface area contributed by atoms with E-state index in [1.54, 1.807) is 24.3 Å². The molecular formula is C24H26N4O4. The maximum absolute atomic E-state index is 13.6. The summed E-state index contributed by atoms with van der Waals surface area (Å²) >= 11 is 0. The van der Waals surface area contributed by atoms with E-state index in [9.17, 15) is 14.4 Å². The Hall–Kier alpha value is -3.81. The molecule has 1 aliphatic carbocycles. The van der Waals surface area contributed by atoms with Crippen LogP contribution < -0.4 is 26.6 Å². The van der Waals surface area contributed by atoms with Gasteiger partial charge < -0.3 is 10.5 Å². The first-order valence-corrected chi connectivity index (χ1v) is 10.6. The highest BCUT2D eigenvalue weighted by Crippen LogP contribution is 2.31. The minimum atomic E-state index is -0.667. The summed E-state index contributed by atoms with van der Waals surface area (Å²) in [6, 6.07) is 15.9. The number of nitrogen functional groups attached to an aromatic ring is 1. The maximum Gasteiger partial charge on any atom is 0.330 e. The molecule has 0 bridgehead atoms. The molecule has 4 rings (SSSR count). The molecule has 0 atom stereocenters. The van der Waals surface area contributed by atoms with Crippen molar-refractivity contribution < 1.29 is 9.53 Å². The molecule has 1 amide bonds. The quantitative estimate of drug-likeness (QED) is 0.620. The fraction of sp³-hybridized carbons (Fsp3) is 0.292. The van der Waals surface area contributed by atoms with Gasteiger partial charge in [-0.1, -0.05) is 49.2 Å². The van der Waals surface area contributed by atoms with E-state index >= 15 is 0 Å². The largest absolute Gasteiger partial charge is 0.497 e. The molecule has 8 heteroatoms. The molecule has 1 fully saturated rings. The van der Waals surface area contributed by atoms with E-state index in [0.29, 0.717) is 11.3 Å². The molecule has 0 unspecified atom stereocenters. The van der Waals surface area contributed by atoms with E-state index in [1.807, 2.05) is 30.3 Å². The van der Waals surface area contributed by atoms with Gasteiger partial charge in [-0.3, -0.25) is 24.0 Å². The second-order valence-electron chi connectivity index (χ2n) is 7.91. The lowest BCUT2D eigenvalue weighted by Crippen LogP contribution is -2.45. The van der Waals surface area contributed by atoms with Gasteiger partial charge in [0.1, 0.15) is 11.6 Å². The van der Waals surface area contributed by atoms with Gasteiger partial charge in [-0.2, -0.15) is 0 Å². The summed E-state index contributed by atoms with van der Waals surface area (Å²) < 4.78 is 6.55. The third-order valence-corrected chi connectivity index (χ3v) is 5.86. The van der Waals surface area contributed by atoms with Crippen LogP contribution in [0.4, 0.5) is 11.5 Å². The molecule has 1 aromatic heterocycles. The number of aromatic nitrogens is 2. The fourth-order valence-corrected chi connectivity index (χ4v) is 4.24. The second-order valence-corrected chi connectivity index (χ2v) is 7.91. The van der Waals surface area contributed by atoms with Crippen LogP contribution in [0.1, 0.15) is 41.6 Å². The highest BCUT2D eigenvalue weighted by Gasteiger charge is 2.33. The Morgan fingerprint density at radius 3 is 2.53 bits per heavy atom. The molecule has 1 aliphatic rings. The van der Waals surface area contributed by atoms with Crippen LogP contribution in [-0.2, 0) is 6.54 Å². The van der Waals surface area contributed by atoms with Gasteiger partial charge in [0.25, 0.3) is 11.5 Å². The number of hydrogen-bond donors (Lipinski definition) is 2. The first-order chi connectivity index (χ1) is 15.5. The molecule has 0 radical (unpaired) electrons. The summed E-state index contributed by atoms with van der Waals surface area (Å²) in [7, 11) is 1.53. The van der Waals surface area contributed by atoms with Crippen molar-refractivity contribution >= 4 is 17.4 Å². The molecule has 2 aromatic carbocycles. The number of anilines is 2. The van der Waals surface area contributed by atoms with Crippen LogP contribution in [0.5, 0.6) is 5.75 Å². The number of carbonyl (C=O) groups is 1. The second kappa shape index (κ2) is 9.13. The predicted octanol–water partition coefficient (Wildman–Crippen LogP) is 2.77. The minimum Gasteiger partial charge on any atom is -0.497 e. The topological polar surface area (TPSA) is 110 Å². The van der Waals surface area contributed by atoms with Gasteiger partial charge in [0.2, 0.25) is 0 Å². The average Bonchev–Trinajstić information content (AvgIpc) is 3.34. The van der Waals surface area contributed by atoms with Crippen LogP contribution in [0.3, 0.4) is 0 Å². The zero-order valence-corrected chi connectivity index (χ0v) is 17.9. The van der Waals surface area contributed by atoms with Crippen LogP contribution in [0.2, 0.25) is 0 Å². The van der Waals surface area contributed by atoms with Crippen molar-refractivity contribution in [3.8, 4) is 5.75 Å². The Labute approximate surface area is 185 Å². The number of ether oxygens (including phenoxy) is 1. The van der Waals surface area contributed by atoms with E-state index in [-0.39, 0.29) is 30.0 Å². The molecule has 0 aliphatic heterocycles. The van der Waals surface area contributed by atoms with Gasteiger partial charge >= 0.3 is 5.69 Å². The molecule has 32 heavy (non-hydrogen) atoms. The number of amides is 1. The monoisotopic (exact) mass is 434 g/mol. The Balaban J connectivity index is 1.84. The number of aromatic amines is 1. The zero-order chi connectivity index (χ0) is 22.7. The molecule has 1 heterocycles. The van der Waals surface area contributed by atoms with Crippen molar-refractivity contribution in [2.75, 3.05) is 17.7 Å². The molecule has 0 saturated heterocycles. The number of nitrogens with zero attached hydrogens (tertiary/aromatic N) is 2. The van der Waals surface area contributed by atoms with Crippen LogP contribution in [0.15, 0.2) is 64.2 Å². The van der Waals surface area contributed by atoms with Gasteiger partial charge in [-0.25, -0.2) is 4.79 Å². The fourth-order valence-electron chi connectivity index (χ4n) is 4.24. The number of hydrogen-bond acceptors (Lipinski definition) is 5. The van der Waals surface area contributed by atoms with Gasteiger partial charge in [0, 0.05) is 11.6 Å². The summed E-state index contributed by atoms with van der Waals surface area (Å²) in [6.45, 7) is 0.182. The van der Waals surface area contributed by atoms with Crippen LogP contribution in [0.25, 0.3) is 0 Å². The molecule has 3 N–H and O–H groups in total. The molecule has 166 valence electrons. The highest BCUT2D eigenvalue weighted by molar-refractivity contribution is 6.07. The van der Waals surface area contributed by atoms with Gasteiger partial charge in [0.05, 0.1) is 13.7 Å². The van der Waals surface area contributed by atoms with Crippen LogP contribution in [-0.4, -0.2) is 28.6 Å². The van der Waals surface area contributed by atoms with Crippen LogP contribution >= 0.6 is 0 Å².